The largest absolute Gasteiger partial charge is 0.414 e. The highest BCUT2D eigenvalue weighted by atomic mass is 35.5. The molecule has 19 heavy (non-hydrogen) atoms. The van der Waals surface area contributed by atoms with Crippen LogP contribution in [0, 0.1) is 0 Å². The van der Waals surface area contributed by atoms with E-state index in [0.29, 0.717) is 0 Å². The van der Waals surface area contributed by atoms with Crippen molar-refractivity contribution in [2.75, 3.05) is 0 Å². The minimum atomic E-state index is 0.166. The molecule has 2 heterocycles. The normalized spacial score (nSPS) is 10.5. The van der Waals surface area contributed by atoms with Crippen LogP contribution in [-0.2, 0) is 12.8 Å². The van der Waals surface area contributed by atoms with Crippen LogP contribution >= 0.6 is 23.2 Å². The molecule has 0 unspecified atom stereocenters. The molecule has 0 spiro atoms. The van der Waals surface area contributed by atoms with Crippen molar-refractivity contribution in [3.63, 3.8) is 0 Å². The number of rotatable bonds is 4. The smallest absolute Gasteiger partial charge is 0.259 e. The Bertz CT molecular complexity index is 540. The third-order valence-corrected chi connectivity index (χ3v) is 2.91. The van der Waals surface area contributed by atoms with E-state index in [4.69, 9.17) is 27.9 Å². The van der Waals surface area contributed by atoms with E-state index in [0.717, 1.165) is 24.2 Å². The molecule has 0 bridgehead atoms. The van der Waals surface area contributed by atoms with Gasteiger partial charge in [0.2, 0.25) is 0 Å². The average molecular weight is 299 g/mol. The van der Waals surface area contributed by atoms with Crippen LogP contribution in [0.25, 0.3) is 0 Å². The van der Waals surface area contributed by atoms with Crippen molar-refractivity contribution in [2.24, 2.45) is 0 Å². The lowest BCUT2D eigenvalue weighted by atomic mass is 10.3. The predicted octanol–water partition coefficient (Wildman–Crippen LogP) is 3.49. The zero-order chi connectivity index (χ0) is 13.8. The fourth-order valence-electron chi connectivity index (χ4n) is 1.35. The molecule has 2 aromatic rings. The maximum absolute atomic E-state index is 5.98. The molecule has 0 radical (unpaired) electrons. The fourth-order valence-corrected chi connectivity index (χ4v) is 1.74. The average Bonchev–Trinajstić information content (AvgIpc) is 2.42. The van der Waals surface area contributed by atoms with Gasteiger partial charge in [-0.2, -0.15) is 0 Å². The first kappa shape index (κ1) is 14.0. The molecule has 7 heteroatoms. The third-order valence-electron chi connectivity index (χ3n) is 2.42. The summed E-state index contributed by atoms with van der Waals surface area (Å²) in [7, 11) is 0. The van der Waals surface area contributed by atoms with Crippen LogP contribution in [0.5, 0.6) is 11.8 Å². The van der Waals surface area contributed by atoms with Gasteiger partial charge in [0.1, 0.15) is 0 Å². The number of aryl methyl sites for hydroxylation is 2. The van der Waals surface area contributed by atoms with Gasteiger partial charge in [0.15, 0.2) is 10.3 Å². The molecule has 0 N–H and O–H groups in total. The number of hydrogen-bond donors (Lipinski definition) is 0. The highest BCUT2D eigenvalue weighted by Gasteiger charge is 2.12. The molecule has 100 valence electrons. The molecule has 5 nitrogen and oxygen atoms in total. The Balaban J connectivity index is 2.26. The summed E-state index contributed by atoms with van der Waals surface area (Å²) in [6.45, 7) is 3.93. The van der Waals surface area contributed by atoms with Gasteiger partial charge in [0.05, 0.1) is 23.8 Å². The quantitative estimate of drug-likeness (QED) is 0.864. The second kappa shape index (κ2) is 6.12. The van der Waals surface area contributed by atoms with Crippen molar-refractivity contribution < 1.29 is 4.74 Å². The molecule has 0 atom stereocenters. The third kappa shape index (κ3) is 3.30. The molecule has 0 amide bonds. The van der Waals surface area contributed by atoms with E-state index < -0.39 is 0 Å². The summed E-state index contributed by atoms with van der Waals surface area (Å²) in [6.07, 6.45) is 4.70. The second-order valence-corrected chi connectivity index (χ2v) is 4.44. The predicted molar refractivity (Wildman–Crippen MR) is 72.9 cm³/mol. The van der Waals surface area contributed by atoms with Crippen LogP contribution in [-0.4, -0.2) is 19.9 Å². The molecular weight excluding hydrogens is 287 g/mol. The zero-order valence-electron chi connectivity index (χ0n) is 10.5. The SMILES string of the molecule is CCc1cnc(Oc2ncc(CC)nc2Cl)c(Cl)n1. The molecule has 0 aliphatic carbocycles. The Labute approximate surface area is 121 Å². The molecule has 0 saturated heterocycles. The van der Waals surface area contributed by atoms with Gasteiger partial charge >= 0.3 is 0 Å². The lowest BCUT2D eigenvalue weighted by Gasteiger charge is -2.07. The van der Waals surface area contributed by atoms with E-state index >= 15 is 0 Å². The van der Waals surface area contributed by atoms with Crippen molar-refractivity contribution in [1.29, 1.82) is 0 Å². The Hall–Kier alpha value is -1.46. The van der Waals surface area contributed by atoms with Crippen molar-refractivity contribution in [2.45, 2.75) is 26.7 Å². The minimum Gasteiger partial charge on any atom is -0.414 e. The Morgan fingerprint density at radius 2 is 1.32 bits per heavy atom. The Morgan fingerprint density at radius 1 is 0.895 bits per heavy atom. The summed E-state index contributed by atoms with van der Waals surface area (Å²) in [5, 5.41) is 0.355. The van der Waals surface area contributed by atoms with E-state index in [2.05, 4.69) is 19.9 Å². The van der Waals surface area contributed by atoms with Crippen molar-refractivity contribution in [3.8, 4) is 11.8 Å². The topological polar surface area (TPSA) is 60.8 Å². The summed E-state index contributed by atoms with van der Waals surface area (Å²) in [6, 6.07) is 0. The summed E-state index contributed by atoms with van der Waals surface area (Å²) < 4.78 is 5.43. The molecule has 0 saturated carbocycles. The van der Waals surface area contributed by atoms with Gasteiger partial charge < -0.3 is 4.74 Å². The Morgan fingerprint density at radius 3 is 1.63 bits per heavy atom. The first-order valence-corrected chi connectivity index (χ1v) is 6.60. The number of aromatic nitrogens is 4. The fraction of sp³-hybridized carbons (Fsp3) is 0.333. The van der Waals surface area contributed by atoms with Crippen molar-refractivity contribution in [1.82, 2.24) is 19.9 Å². The molecule has 2 aromatic heterocycles. The van der Waals surface area contributed by atoms with Gasteiger partial charge in [0, 0.05) is 0 Å². The molecule has 2 rings (SSSR count). The van der Waals surface area contributed by atoms with E-state index in [1.165, 1.54) is 0 Å². The first-order valence-electron chi connectivity index (χ1n) is 5.84. The van der Waals surface area contributed by atoms with Gasteiger partial charge in [0.25, 0.3) is 11.8 Å². The van der Waals surface area contributed by atoms with Crippen LogP contribution < -0.4 is 4.74 Å². The number of hydrogen-bond acceptors (Lipinski definition) is 5. The Kier molecular flexibility index (Phi) is 4.50. The zero-order valence-corrected chi connectivity index (χ0v) is 12.0. The molecule has 0 aliphatic rings. The van der Waals surface area contributed by atoms with E-state index in [1.807, 2.05) is 13.8 Å². The lowest BCUT2D eigenvalue weighted by molar-refractivity contribution is 0.439. The van der Waals surface area contributed by atoms with Gasteiger partial charge in [-0.05, 0) is 12.8 Å². The highest BCUT2D eigenvalue weighted by molar-refractivity contribution is 6.31. The summed E-state index contributed by atoms with van der Waals surface area (Å²) in [5.41, 5.74) is 1.58. The molecular formula is C12H12Cl2N4O. The molecule has 0 aromatic carbocycles. The van der Waals surface area contributed by atoms with E-state index in [-0.39, 0.29) is 22.1 Å². The number of nitrogens with zero attached hydrogens (tertiary/aromatic N) is 4. The van der Waals surface area contributed by atoms with Crippen molar-refractivity contribution in [3.05, 3.63) is 34.1 Å². The van der Waals surface area contributed by atoms with Crippen LogP contribution in [0.3, 0.4) is 0 Å². The maximum atomic E-state index is 5.98. The van der Waals surface area contributed by atoms with Crippen LogP contribution in [0.15, 0.2) is 12.4 Å². The second-order valence-electron chi connectivity index (χ2n) is 3.72. The molecule has 0 fully saturated rings. The maximum Gasteiger partial charge on any atom is 0.259 e. The van der Waals surface area contributed by atoms with E-state index in [1.54, 1.807) is 12.4 Å². The van der Waals surface area contributed by atoms with Gasteiger partial charge in [-0.3, -0.25) is 0 Å². The minimum absolute atomic E-state index is 0.166. The summed E-state index contributed by atoms with van der Waals surface area (Å²) in [4.78, 5) is 16.4. The number of ether oxygens (including phenoxy) is 1. The van der Waals surface area contributed by atoms with Gasteiger partial charge in [-0.15, -0.1) is 0 Å². The monoisotopic (exact) mass is 298 g/mol. The standard InChI is InChI=1S/C12H12Cl2N4O/c1-3-7-5-15-11(9(13)17-7)19-12-10(14)18-8(4-2)6-16-12/h5-6H,3-4H2,1-2H3. The van der Waals surface area contributed by atoms with E-state index in [9.17, 15) is 0 Å². The van der Waals surface area contributed by atoms with Crippen LogP contribution in [0.4, 0.5) is 0 Å². The highest BCUT2D eigenvalue weighted by Crippen LogP contribution is 2.28. The lowest BCUT2D eigenvalue weighted by Crippen LogP contribution is -1.99. The summed E-state index contributed by atoms with van der Waals surface area (Å²) in [5.74, 6) is 0.332. The summed E-state index contributed by atoms with van der Waals surface area (Å²) >= 11 is 12.0. The van der Waals surface area contributed by atoms with Crippen LogP contribution in [0.2, 0.25) is 10.3 Å². The molecule has 0 aliphatic heterocycles. The van der Waals surface area contributed by atoms with Crippen LogP contribution in [0.1, 0.15) is 25.2 Å². The van der Waals surface area contributed by atoms with Crippen molar-refractivity contribution >= 4 is 23.2 Å². The first-order chi connectivity index (χ1) is 9.13. The number of halogens is 2. The van der Waals surface area contributed by atoms with Gasteiger partial charge in [-0.25, -0.2) is 19.9 Å². The van der Waals surface area contributed by atoms with Gasteiger partial charge in [-0.1, -0.05) is 37.0 Å².